The monoisotopic (exact) mass is 418 g/mol. The van der Waals surface area contributed by atoms with Gasteiger partial charge in [0.15, 0.2) is 0 Å². The number of carbonyl (C=O) groups is 1. The summed E-state index contributed by atoms with van der Waals surface area (Å²) in [6.07, 6.45) is 6.33. The molecule has 8 unspecified atom stereocenters. The van der Waals surface area contributed by atoms with Crippen LogP contribution in [0.1, 0.15) is 108 Å². The van der Waals surface area contributed by atoms with Crippen molar-refractivity contribution in [3.63, 3.8) is 0 Å². The molecule has 30 heavy (non-hydrogen) atoms. The van der Waals surface area contributed by atoms with Crippen LogP contribution in [0.2, 0.25) is 0 Å². The SMILES string of the molecule is CC1C(C)C(C)C(CCCC(=O)CCCC2C(C)C(C)C(C)C(C)C2C)C(C)C1C. The quantitative estimate of drug-likeness (QED) is 0.386. The molecular weight excluding hydrogens is 364 g/mol. The lowest BCUT2D eigenvalue weighted by Gasteiger charge is -2.47. The molecule has 0 aliphatic heterocycles. The summed E-state index contributed by atoms with van der Waals surface area (Å²) in [4.78, 5) is 12.6. The van der Waals surface area contributed by atoms with E-state index in [9.17, 15) is 4.79 Å². The van der Waals surface area contributed by atoms with E-state index in [1.165, 1.54) is 12.8 Å². The molecule has 0 N–H and O–H groups in total. The summed E-state index contributed by atoms with van der Waals surface area (Å²) in [7, 11) is 0. The average molecular weight is 419 g/mol. The van der Waals surface area contributed by atoms with Crippen molar-refractivity contribution in [2.45, 2.75) is 108 Å². The first-order valence-electron chi connectivity index (χ1n) is 13.5. The van der Waals surface area contributed by atoms with Crippen LogP contribution < -0.4 is 0 Å². The fraction of sp³-hybridized carbons (Fsp3) is 0.966. The van der Waals surface area contributed by atoms with Gasteiger partial charge in [-0.2, -0.15) is 0 Å². The van der Waals surface area contributed by atoms with Gasteiger partial charge in [0.1, 0.15) is 5.78 Å². The largest absolute Gasteiger partial charge is 0.300 e. The van der Waals surface area contributed by atoms with Gasteiger partial charge in [0.05, 0.1) is 0 Å². The molecule has 2 saturated carbocycles. The molecule has 0 radical (unpaired) electrons. The number of hydrogen-bond acceptors (Lipinski definition) is 1. The maximum Gasteiger partial charge on any atom is 0.132 e. The Morgan fingerprint density at radius 2 is 0.667 bits per heavy atom. The molecule has 8 atom stereocenters. The molecule has 1 heteroatoms. The summed E-state index contributed by atoms with van der Waals surface area (Å²) in [6.45, 7) is 24.5. The van der Waals surface area contributed by atoms with Gasteiger partial charge >= 0.3 is 0 Å². The van der Waals surface area contributed by atoms with Gasteiger partial charge in [0.25, 0.3) is 0 Å². The van der Waals surface area contributed by atoms with E-state index in [0.29, 0.717) is 5.78 Å². The Balaban J connectivity index is 1.74. The summed E-state index contributed by atoms with van der Waals surface area (Å²) in [5.74, 6) is 10.2. The molecule has 2 aliphatic rings. The Labute approximate surface area is 189 Å². The third-order valence-electron chi connectivity index (χ3n) is 11.3. The van der Waals surface area contributed by atoms with Crippen molar-refractivity contribution in [2.24, 2.45) is 71.0 Å². The van der Waals surface area contributed by atoms with Crippen molar-refractivity contribution < 1.29 is 4.79 Å². The van der Waals surface area contributed by atoms with Crippen LogP contribution >= 0.6 is 0 Å². The maximum absolute atomic E-state index is 12.6. The molecule has 2 aliphatic carbocycles. The lowest BCUT2D eigenvalue weighted by atomic mass is 9.58. The molecule has 1 nitrogen and oxygen atoms in total. The minimum absolute atomic E-state index is 0.520. The van der Waals surface area contributed by atoms with Crippen molar-refractivity contribution in [1.29, 1.82) is 0 Å². The van der Waals surface area contributed by atoms with Gasteiger partial charge in [-0.1, -0.05) is 69.2 Å². The van der Waals surface area contributed by atoms with Crippen LogP contribution in [-0.4, -0.2) is 5.78 Å². The van der Waals surface area contributed by atoms with E-state index < -0.39 is 0 Å². The average Bonchev–Trinajstić information content (AvgIpc) is 2.72. The van der Waals surface area contributed by atoms with Gasteiger partial charge in [-0.3, -0.25) is 4.79 Å². The van der Waals surface area contributed by atoms with Crippen molar-refractivity contribution >= 4 is 5.78 Å². The number of rotatable bonds is 8. The third kappa shape index (κ3) is 5.53. The Kier molecular flexibility index (Phi) is 9.51. The molecule has 2 fully saturated rings. The molecule has 2 rings (SSSR count). The van der Waals surface area contributed by atoms with Crippen LogP contribution in [0, 0.1) is 71.0 Å². The molecule has 0 bridgehead atoms. The molecular formula is C29H54O. The van der Waals surface area contributed by atoms with Gasteiger partial charge in [-0.25, -0.2) is 0 Å². The molecule has 0 saturated heterocycles. The first-order chi connectivity index (χ1) is 14.0. The van der Waals surface area contributed by atoms with E-state index >= 15 is 0 Å². The number of Topliss-reactive ketones (excluding diaryl/α,β-unsaturated/α-hetero) is 1. The molecule has 0 amide bonds. The summed E-state index contributed by atoms with van der Waals surface area (Å²) >= 11 is 0. The normalized spacial score (nSPS) is 47.3. The first kappa shape index (κ1) is 25.9. The van der Waals surface area contributed by atoms with Crippen LogP contribution in [0.4, 0.5) is 0 Å². The van der Waals surface area contributed by atoms with Gasteiger partial charge in [0, 0.05) is 12.8 Å². The second-order valence-electron chi connectivity index (χ2n) is 12.2. The van der Waals surface area contributed by atoms with E-state index in [1.807, 2.05) is 0 Å². The number of hydrogen-bond donors (Lipinski definition) is 0. The van der Waals surface area contributed by atoms with Crippen molar-refractivity contribution in [1.82, 2.24) is 0 Å². The zero-order valence-corrected chi connectivity index (χ0v) is 22.1. The number of ketones is 1. The van der Waals surface area contributed by atoms with Crippen molar-refractivity contribution in [3.8, 4) is 0 Å². The summed E-state index contributed by atoms with van der Waals surface area (Å²) < 4.78 is 0. The van der Waals surface area contributed by atoms with Crippen LogP contribution in [0.25, 0.3) is 0 Å². The highest BCUT2D eigenvalue weighted by atomic mass is 16.1. The van der Waals surface area contributed by atoms with Gasteiger partial charge < -0.3 is 0 Å². The maximum atomic E-state index is 12.6. The topological polar surface area (TPSA) is 17.1 Å². The van der Waals surface area contributed by atoms with E-state index in [4.69, 9.17) is 0 Å². The highest BCUT2D eigenvalue weighted by Gasteiger charge is 2.41. The van der Waals surface area contributed by atoms with Crippen molar-refractivity contribution in [3.05, 3.63) is 0 Å². The van der Waals surface area contributed by atoms with E-state index in [-0.39, 0.29) is 0 Å². The fourth-order valence-electron chi connectivity index (χ4n) is 7.64. The first-order valence-corrected chi connectivity index (χ1v) is 13.5. The van der Waals surface area contributed by atoms with Gasteiger partial charge in [-0.05, 0) is 96.7 Å². The summed E-state index contributed by atoms with van der Waals surface area (Å²) in [6, 6.07) is 0. The smallest absolute Gasteiger partial charge is 0.132 e. The minimum atomic E-state index is 0.520. The van der Waals surface area contributed by atoms with E-state index in [2.05, 4.69) is 69.2 Å². The van der Waals surface area contributed by atoms with Crippen LogP contribution in [0.5, 0.6) is 0 Å². The predicted molar refractivity (Wildman–Crippen MR) is 131 cm³/mol. The minimum Gasteiger partial charge on any atom is -0.300 e. The Morgan fingerprint density at radius 3 is 0.933 bits per heavy atom. The highest BCUT2D eigenvalue weighted by molar-refractivity contribution is 5.78. The standard InChI is InChI=1S/C29H54O/c1-17-19(3)23(7)28(24(8)20(17)4)15-11-13-27(30)14-12-16-29-25(9)21(5)18(2)22(6)26(29)10/h17-26,28-29H,11-16H2,1-10H3. The van der Waals surface area contributed by atoms with E-state index in [1.54, 1.807) is 0 Å². The lowest BCUT2D eigenvalue weighted by Crippen LogP contribution is -2.41. The Hall–Kier alpha value is -0.330. The van der Waals surface area contributed by atoms with Crippen LogP contribution in [0.3, 0.4) is 0 Å². The highest BCUT2D eigenvalue weighted by Crippen LogP contribution is 2.48. The van der Waals surface area contributed by atoms with Crippen LogP contribution in [-0.2, 0) is 4.79 Å². The molecule has 0 heterocycles. The zero-order chi connectivity index (χ0) is 22.7. The molecule has 0 spiro atoms. The fourth-order valence-corrected chi connectivity index (χ4v) is 7.64. The zero-order valence-electron chi connectivity index (χ0n) is 22.1. The Bertz CT molecular complexity index is 460. The number of carbonyl (C=O) groups excluding carboxylic acids is 1. The van der Waals surface area contributed by atoms with Gasteiger partial charge in [0.2, 0.25) is 0 Å². The second kappa shape index (κ2) is 11.0. The third-order valence-corrected chi connectivity index (χ3v) is 11.3. The second-order valence-corrected chi connectivity index (χ2v) is 12.2. The van der Waals surface area contributed by atoms with Crippen molar-refractivity contribution in [2.75, 3.05) is 0 Å². The van der Waals surface area contributed by atoms with Gasteiger partial charge in [-0.15, -0.1) is 0 Å². The summed E-state index contributed by atoms with van der Waals surface area (Å²) in [5.41, 5.74) is 0. The molecule has 0 aromatic heterocycles. The van der Waals surface area contributed by atoms with Crippen LogP contribution in [0.15, 0.2) is 0 Å². The summed E-state index contributed by atoms with van der Waals surface area (Å²) in [5, 5.41) is 0. The molecule has 176 valence electrons. The molecule has 0 aromatic rings. The Morgan fingerprint density at radius 1 is 0.433 bits per heavy atom. The molecule has 0 aromatic carbocycles. The predicted octanol–water partition coefficient (Wildman–Crippen LogP) is 8.52. The lowest BCUT2D eigenvalue weighted by molar-refractivity contribution is -0.119. The van der Waals surface area contributed by atoms with E-state index in [0.717, 1.165) is 96.7 Å².